The van der Waals surface area contributed by atoms with Crippen LogP contribution >= 0.6 is 15.9 Å². The van der Waals surface area contributed by atoms with Crippen molar-refractivity contribution >= 4 is 21.6 Å². The first-order valence-electron chi connectivity index (χ1n) is 6.67. The Hall–Kier alpha value is -1.32. The fraction of sp³-hybridized carbons (Fsp3) is 0.294. The molecule has 0 amide bonds. The fourth-order valence-corrected chi connectivity index (χ4v) is 2.86. The highest BCUT2D eigenvalue weighted by atomic mass is 79.9. The summed E-state index contributed by atoms with van der Waals surface area (Å²) in [4.78, 5) is 0. The summed E-state index contributed by atoms with van der Waals surface area (Å²) in [5.74, 6) is 0. The molecular weight excluding hydrogens is 314 g/mol. The maximum atomic E-state index is 5.27. The number of methoxy groups -OCH3 is 1. The van der Waals surface area contributed by atoms with E-state index in [4.69, 9.17) is 4.74 Å². The molecule has 0 fully saturated rings. The number of hydrogen-bond donors (Lipinski definition) is 1. The van der Waals surface area contributed by atoms with Crippen LogP contribution in [0.5, 0.6) is 0 Å². The normalized spacial score (nSPS) is 10.6. The molecule has 2 nitrogen and oxygen atoms in total. The van der Waals surface area contributed by atoms with Gasteiger partial charge in [-0.1, -0.05) is 51.3 Å². The van der Waals surface area contributed by atoms with Gasteiger partial charge in [-0.15, -0.1) is 0 Å². The van der Waals surface area contributed by atoms with E-state index in [1.54, 1.807) is 7.11 Å². The lowest BCUT2D eigenvalue weighted by molar-refractivity contribution is 0.185. The molecule has 0 atom stereocenters. The zero-order chi connectivity index (χ0) is 14.5. The maximum absolute atomic E-state index is 5.27. The zero-order valence-corrected chi connectivity index (χ0v) is 13.8. The van der Waals surface area contributed by atoms with E-state index in [0.717, 1.165) is 22.3 Å². The lowest BCUT2D eigenvalue weighted by atomic mass is 10.1. The third kappa shape index (κ3) is 3.84. The Kier molecular flexibility index (Phi) is 5.21. The lowest BCUT2D eigenvalue weighted by Gasteiger charge is -2.14. The highest BCUT2D eigenvalue weighted by molar-refractivity contribution is 9.10. The molecule has 3 heteroatoms. The third-order valence-electron chi connectivity index (χ3n) is 3.17. The Morgan fingerprint density at radius 1 is 1.10 bits per heavy atom. The van der Waals surface area contributed by atoms with Crippen molar-refractivity contribution in [1.82, 2.24) is 0 Å². The van der Waals surface area contributed by atoms with Crippen LogP contribution in [0, 0.1) is 13.8 Å². The van der Waals surface area contributed by atoms with Crippen molar-refractivity contribution in [2.24, 2.45) is 0 Å². The van der Waals surface area contributed by atoms with E-state index in [2.05, 4.69) is 59.4 Å². The minimum absolute atomic E-state index is 0.594. The quantitative estimate of drug-likeness (QED) is 0.846. The van der Waals surface area contributed by atoms with Crippen LogP contribution in [0.2, 0.25) is 0 Å². The molecule has 0 bridgehead atoms. The maximum Gasteiger partial charge on any atom is 0.0744 e. The van der Waals surface area contributed by atoms with Gasteiger partial charge in [0.1, 0.15) is 0 Å². The standard InChI is InChI=1S/C17H20BrNO/c1-12-7-13(2)9-14(8-12)10-19-17-6-4-5-16(18)15(17)11-20-3/h4-9,19H,10-11H2,1-3H3. The number of anilines is 1. The van der Waals surface area contributed by atoms with Gasteiger partial charge in [0.15, 0.2) is 0 Å². The Bertz CT molecular complexity index is 575. The van der Waals surface area contributed by atoms with Crippen molar-refractivity contribution in [2.75, 3.05) is 12.4 Å². The van der Waals surface area contributed by atoms with Crippen LogP contribution in [0.4, 0.5) is 5.69 Å². The van der Waals surface area contributed by atoms with Crippen molar-refractivity contribution < 1.29 is 4.74 Å². The van der Waals surface area contributed by atoms with Gasteiger partial charge in [0.2, 0.25) is 0 Å². The third-order valence-corrected chi connectivity index (χ3v) is 3.91. The summed E-state index contributed by atoms with van der Waals surface area (Å²) in [6.45, 7) is 5.67. The number of benzene rings is 2. The minimum atomic E-state index is 0.594. The summed E-state index contributed by atoms with van der Waals surface area (Å²) < 4.78 is 6.34. The molecule has 106 valence electrons. The van der Waals surface area contributed by atoms with Gasteiger partial charge in [0.25, 0.3) is 0 Å². The Morgan fingerprint density at radius 3 is 2.45 bits per heavy atom. The van der Waals surface area contributed by atoms with Crippen LogP contribution in [-0.4, -0.2) is 7.11 Å². The van der Waals surface area contributed by atoms with Crippen LogP contribution in [0.1, 0.15) is 22.3 Å². The first-order valence-corrected chi connectivity index (χ1v) is 7.47. The summed E-state index contributed by atoms with van der Waals surface area (Å²) in [6, 6.07) is 12.8. The molecule has 2 rings (SSSR count). The molecule has 20 heavy (non-hydrogen) atoms. The molecule has 0 unspecified atom stereocenters. The Balaban J connectivity index is 2.16. The molecule has 2 aromatic carbocycles. The lowest BCUT2D eigenvalue weighted by Crippen LogP contribution is -2.04. The molecule has 0 saturated carbocycles. The molecule has 0 aromatic heterocycles. The van der Waals surface area contributed by atoms with Gasteiger partial charge in [-0.05, 0) is 31.5 Å². The zero-order valence-electron chi connectivity index (χ0n) is 12.2. The van der Waals surface area contributed by atoms with Crippen molar-refractivity contribution in [3.63, 3.8) is 0 Å². The topological polar surface area (TPSA) is 21.3 Å². The van der Waals surface area contributed by atoms with E-state index in [9.17, 15) is 0 Å². The van der Waals surface area contributed by atoms with Gasteiger partial charge < -0.3 is 10.1 Å². The second kappa shape index (κ2) is 6.91. The molecule has 0 aliphatic heterocycles. The molecular formula is C17H20BrNO. The van der Waals surface area contributed by atoms with Crippen molar-refractivity contribution in [3.8, 4) is 0 Å². The summed E-state index contributed by atoms with van der Waals surface area (Å²) in [5.41, 5.74) is 6.16. The average Bonchev–Trinajstić information content (AvgIpc) is 2.38. The van der Waals surface area contributed by atoms with Gasteiger partial charge in [-0.25, -0.2) is 0 Å². The average molecular weight is 334 g/mol. The van der Waals surface area contributed by atoms with Crippen LogP contribution in [0.3, 0.4) is 0 Å². The predicted octanol–water partition coefficient (Wildman–Crippen LogP) is 4.82. The van der Waals surface area contributed by atoms with Gasteiger partial charge in [-0.2, -0.15) is 0 Å². The molecule has 1 N–H and O–H groups in total. The SMILES string of the molecule is COCc1c(Br)cccc1NCc1cc(C)cc(C)c1. The Morgan fingerprint density at radius 2 is 1.80 bits per heavy atom. The van der Waals surface area contributed by atoms with E-state index >= 15 is 0 Å². The van der Waals surface area contributed by atoms with Gasteiger partial charge in [-0.3, -0.25) is 0 Å². The van der Waals surface area contributed by atoms with Crippen LogP contribution in [0.15, 0.2) is 40.9 Å². The molecule has 0 aliphatic carbocycles. The first kappa shape index (κ1) is 15.1. The van der Waals surface area contributed by atoms with E-state index < -0.39 is 0 Å². The van der Waals surface area contributed by atoms with E-state index in [0.29, 0.717) is 6.61 Å². The van der Waals surface area contributed by atoms with E-state index in [1.807, 2.05) is 12.1 Å². The van der Waals surface area contributed by atoms with Gasteiger partial charge in [0, 0.05) is 29.4 Å². The summed E-state index contributed by atoms with van der Waals surface area (Å²) in [6.07, 6.45) is 0. The van der Waals surface area contributed by atoms with Crippen LogP contribution in [0.25, 0.3) is 0 Å². The first-order chi connectivity index (χ1) is 9.60. The number of hydrogen-bond acceptors (Lipinski definition) is 2. The van der Waals surface area contributed by atoms with Crippen molar-refractivity contribution in [1.29, 1.82) is 0 Å². The Labute approximate surface area is 129 Å². The molecule has 0 aliphatic rings. The van der Waals surface area contributed by atoms with Crippen LogP contribution < -0.4 is 5.32 Å². The monoisotopic (exact) mass is 333 g/mol. The fourth-order valence-electron chi connectivity index (χ4n) is 2.38. The van der Waals surface area contributed by atoms with Crippen molar-refractivity contribution in [2.45, 2.75) is 27.0 Å². The van der Waals surface area contributed by atoms with E-state index in [-0.39, 0.29) is 0 Å². The second-order valence-electron chi connectivity index (χ2n) is 5.05. The van der Waals surface area contributed by atoms with Crippen molar-refractivity contribution in [3.05, 3.63) is 63.1 Å². The number of halogens is 1. The molecule has 0 radical (unpaired) electrons. The molecule has 0 heterocycles. The summed E-state index contributed by atoms with van der Waals surface area (Å²) in [5, 5.41) is 3.50. The molecule has 2 aromatic rings. The largest absolute Gasteiger partial charge is 0.381 e. The molecule has 0 spiro atoms. The smallest absolute Gasteiger partial charge is 0.0744 e. The summed E-state index contributed by atoms with van der Waals surface area (Å²) in [7, 11) is 1.72. The number of aryl methyl sites for hydroxylation is 2. The second-order valence-corrected chi connectivity index (χ2v) is 5.90. The van der Waals surface area contributed by atoms with E-state index in [1.165, 1.54) is 16.7 Å². The predicted molar refractivity (Wildman–Crippen MR) is 88.1 cm³/mol. The minimum Gasteiger partial charge on any atom is -0.381 e. The molecule has 0 saturated heterocycles. The van der Waals surface area contributed by atoms with Gasteiger partial charge >= 0.3 is 0 Å². The summed E-state index contributed by atoms with van der Waals surface area (Å²) >= 11 is 3.58. The number of rotatable bonds is 5. The number of ether oxygens (including phenoxy) is 1. The van der Waals surface area contributed by atoms with Crippen LogP contribution in [-0.2, 0) is 17.9 Å². The van der Waals surface area contributed by atoms with Gasteiger partial charge in [0.05, 0.1) is 6.61 Å². The highest BCUT2D eigenvalue weighted by Crippen LogP contribution is 2.26. The highest BCUT2D eigenvalue weighted by Gasteiger charge is 2.06. The number of nitrogens with one attached hydrogen (secondary N) is 1.